The fourth-order valence-corrected chi connectivity index (χ4v) is 2.58. The van der Waals surface area contributed by atoms with Crippen LogP contribution in [0.4, 0.5) is 0 Å². The van der Waals surface area contributed by atoms with E-state index < -0.39 is 0 Å². The molecule has 1 fully saturated rings. The van der Waals surface area contributed by atoms with Gasteiger partial charge in [-0.15, -0.1) is 5.10 Å². The molecule has 4 heteroatoms. The Bertz CT molecular complexity index is 582. The summed E-state index contributed by atoms with van der Waals surface area (Å²) in [5, 5.41) is 4.53. The van der Waals surface area contributed by atoms with Crippen molar-refractivity contribution in [3.8, 4) is 5.88 Å². The Labute approximate surface area is 113 Å². The minimum Gasteiger partial charge on any atom is -0.473 e. The molecule has 0 radical (unpaired) electrons. The lowest BCUT2D eigenvalue weighted by Gasteiger charge is -2.22. The summed E-state index contributed by atoms with van der Waals surface area (Å²) in [5.74, 6) is 0.697. The number of nitrogens with zero attached hydrogens (tertiary/aromatic N) is 3. The Kier molecular flexibility index (Phi) is 3.49. The summed E-state index contributed by atoms with van der Waals surface area (Å²) in [5.41, 5.74) is 1.83. The van der Waals surface area contributed by atoms with Crippen molar-refractivity contribution in [3.05, 3.63) is 30.1 Å². The highest BCUT2D eigenvalue weighted by atomic mass is 16.5. The number of rotatable bonds is 3. The van der Waals surface area contributed by atoms with Gasteiger partial charge in [-0.05, 0) is 44.7 Å². The molecule has 100 valence electrons. The van der Waals surface area contributed by atoms with Crippen LogP contribution < -0.4 is 4.74 Å². The second-order valence-electron chi connectivity index (χ2n) is 5.00. The molecule has 19 heavy (non-hydrogen) atoms. The largest absolute Gasteiger partial charge is 0.473 e. The molecule has 0 atom stereocenters. The smallest absolute Gasteiger partial charge is 0.232 e. The van der Waals surface area contributed by atoms with Crippen molar-refractivity contribution in [1.82, 2.24) is 14.6 Å². The van der Waals surface area contributed by atoms with Crippen LogP contribution in [0.3, 0.4) is 0 Å². The van der Waals surface area contributed by atoms with Crippen LogP contribution in [-0.4, -0.2) is 20.7 Å². The summed E-state index contributed by atoms with van der Waals surface area (Å²) in [4.78, 5) is 4.32. The lowest BCUT2D eigenvalue weighted by atomic mass is 9.98. The van der Waals surface area contributed by atoms with Crippen molar-refractivity contribution in [2.24, 2.45) is 0 Å². The minimum atomic E-state index is 0.326. The third-order valence-corrected chi connectivity index (χ3v) is 3.54. The highest BCUT2D eigenvalue weighted by Gasteiger charge is 2.15. The number of aromatic nitrogens is 3. The monoisotopic (exact) mass is 257 g/mol. The zero-order valence-corrected chi connectivity index (χ0v) is 11.2. The molecule has 0 amide bonds. The average molecular weight is 257 g/mol. The van der Waals surface area contributed by atoms with E-state index in [1.54, 1.807) is 0 Å². The number of hydrogen-bond acceptors (Lipinski definition) is 3. The number of imidazole rings is 1. The Hall–Kier alpha value is -1.84. The zero-order chi connectivity index (χ0) is 13.1. The minimum absolute atomic E-state index is 0.326. The summed E-state index contributed by atoms with van der Waals surface area (Å²) in [7, 11) is 0. The van der Waals surface area contributed by atoms with Crippen LogP contribution in [0.2, 0.25) is 0 Å². The molecule has 2 heterocycles. The first kappa shape index (κ1) is 12.2. The molecule has 0 aliphatic heterocycles. The normalized spacial score (nSPS) is 17.3. The molecule has 0 saturated heterocycles. The summed E-state index contributed by atoms with van der Waals surface area (Å²) in [6, 6.07) is 3.87. The van der Waals surface area contributed by atoms with Crippen molar-refractivity contribution >= 4 is 11.7 Å². The summed E-state index contributed by atoms with van der Waals surface area (Å²) >= 11 is 0. The lowest BCUT2D eigenvalue weighted by Crippen LogP contribution is -2.20. The van der Waals surface area contributed by atoms with Gasteiger partial charge in [-0.1, -0.05) is 12.5 Å². The van der Waals surface area contributed by atoms with Gasteiger partial charge < -0.3 is 4.74 Å². The molecule has 1 saturated carbocycles. The van der Waals surface area contributed by atoms with Gasteiger partial charge in [0, 0.05) is 6.07 Å². The second kappa shape index (κ2) is 5.43. The Balaban J connectivity index is 1.85. The van der Waals surface area contributed by atoms with Gasteiger partial charge in [0.2, 0.25) is 5.88 Å². The first-order valence-electron chi connectivity index (χ1n) is 7.01. The van der Waals surface area contributed by atoms with Gasteiger partial charge in [0.15, 0.2) is 5.65 Å². The van der Waals surface area contributed by atoms with Crippen LogP contribution in [0, 0.1) is 0 Å². The molecule has 0 N–H and O–H groups in total. The standard InChI is InChI=1S/C15H19N3O/c1-2-6-12-11-16-14-9-10-15(17-18(12)14)19-13-7-4-3-5-8-13/h2,6,9-11,13H,3-5,7-8H2,1H3/b6-2+. The molecule has 1 aliphatic rings. The second-order valence-corrected chi connectivity index (χ2v) is 5.00. The third-order valence-electron chi connectivity index (χ3n) is 3.54. The maximum atomic E-state index is 5.98. The number of allylic oxidation sites excluding steroid dienone is 1. The number of fused-ring (bicyclic) bond motifs is 1. The number of hydrogen-bond donors (Lipinski definition) is 0. The maximum Gasteiger partial charge on any atom is 0.232 e. The molecule has 0 bridgehead atoms. The summed E-state index contributed by atoms with van der Waals surface area (Å²) in [6.45, 7) is 1.99. The molecule has 1 aliphatic carbocycles. The molecule has 0 unspecified atom stereocenters. The molecular formula is C15H19N3O. The summed E-state index contributed by atoms with van der Waals surface area (Å²) in [6.07, 6.45) is 12.3. The van der Waals surface area contributed by atoms with Crippen molar-refractivity contribution in [1.29, 1.82) is 0 Å². The molecule has 4 nitrogen and oxygen atoms in total. The van der Waals surface area contributed by atoms with Gasteiger partial charge in [0.1, 0.15) is 6.10 Å². The Morgan fingerprint density at radius 3 is 2.89 bits per heavy atom. The summed E-state index contributed by atoms with van der Waals surface area (Å²) < 4.78 is 7.81. The van der Waals surface area contributed by atoms with Gasteiger partial charge in [0.25, 0.3) is 0 Å². The van der Waals surface area contributed by atoms with E-state index >= 15 is 0 Å². The maximum absolute atomic E-state index is 5.98. The Morgan fingerprint density at radius 1 is 1.26 bits per heavy atom. The van der Waals surface area contributed by atoms with E-state index in [0.29, 0.717) is 12.0 Å². The third kappa shape index (κ3) is 2.62. The average Bonchev–Trinajstić information content (AvgIpc) is 2.83. The van der Waals surface area contributed by atoms with Crippen LogP contribution in [0.5, 0.6) is 5.88 Å². The van der Waals surface area contributed by atoms with Crippen LogP contribution in [0.1, 0.15) is 44.7 Å². The van der Waals surface area contributed by atoms with Gasteiger partial charge >= 0.3 is 0 Å². The van der Waals surface area contributed by atoms with Gasteiger partial charge in [0.05, 0.1) is 11.9 Å². The topological polar surface area (TPSA) is 39.4 Å². The number of ether oxygens (including phenoxy) is 1. The van der Waals surface area contributed by atoms with E-state index in [2.05, 4.69) is 10.1 Å². The van der Waals surface area contributed by atoms with E-state index in [1.165, 1.54) is 19.3 Å². The Morgan fingerprint density at radius 2 is 2.11 bits per heavy atom. The van der Waals surface area contributed by atoms with Crippen molar-refractivity contribution < 1.29 is 4.74 Å². The van der Waals surface area contributed by atoms with E-state index in [0.717, 1.165) is 24.2 Å². The first-order valence-corrected chi connectivity index (χ1v) is 7.01. The van der Waals surface area contributed by atoms with E-state index in [9.17, 15) is 0 Å². The SMILES string of the molecule is C/C=C/c1cnc2ccc(OC3CCCCC3)nn12. The van der Waals surface area contributed by atoms with Crippen LogP contribution in [0.15, 0.2) is 24.4 Å². The molecule has 0 spiro atoms. The predicted octanol–water partition coefficient (Wildman–Crippen LogP) is 3.47. The quantitative estimate of drug-likeness (QED) is 0.845. The van der Waals surface area contributed by atoms with E-state index in [1.807, 2.05) is 41.9 Å². The highest BCUT2D eigenvalue weighted by molar-refractivity contribution is 5.51. The molecule has 3 rings (SSSR count). The van der Waals surface area contributed by atoms with Gasteiger partial charge in [-0.2, -0.15) is 0 Å². The zero-order valence-electron chi connectivity index (χ0n) is 11.2. The van der Waals surface area contributed by atoms with Crippen LogP contribution >= 0.6 is 0 Å². The van der Waals surface area contributed by atoms with Gasteiger partial charge in [-0.25, -0.2) is 9.50 Å². The molecule has 2 aromatic heterocycles. The lowest BCUT2D eigenvalue weighted by molar-refractivity contribution is 0.146. The molecule has 2 aromatic rings. The molecular weight excluding hydrogens is 238 g/mol. The fraction of sp³-hybridized carbons (Fsp3) is 0.467. The van der Waals surface area contributed by atoms with Crippen LogP contribution in [-0.2, 0) is 0 Å². The van der Waals surface area contributed by atoms with E-state index in [-0.39, 0.29) is 0 Å². The van der Waals surface area contributed by atoms with Crippen molar-refractivity contribution in [2.75, 3.05) is 0 Å². The van der Waals surface area contributed by atoms with Crippen molar-refractivity contribution in [3.63, 3.8) is 0 Å². The van der Waals surface area contributed by atoms with Gasteiger partial charge in [-0.3, -0.25) is 0 Å². The van der Waals surface area contributed by atoms with E-state index in [4.69, 9.17) is 4.74 Å². The van der Waals surface area contributed by atoms with Crippen LogP contribution in [0.25, 0.3) is 11.7 Å². The van der Waals surface area contributed by atoms with Crippen molar-refractivity contribution in [2.45, 2.75) is 45.1 Å². The highest BCUT2D eigenvalue weighted by Crippen LogP contribution is 2.22. The molecule has 0 aromatic carbocycles. The predicted molar refractivity (Wildman–Crippen MR) is 75.2 cm³/mol. The fourth-order valence-electron chi connectivity index (χ4n) is 2.58. The first-order chi connectivity index (χ1) is 9.36.